The number of aryl methyl sites for hydroxylation is 1. The molecule has 2 saturated heterocycles. The maximum Gasteiger partial charge on any atom is 0.252 e. The number of nitrogens with zero attached hydrogens (tertiary/aromatic N) is 1. The summed E-state index contributed by atoms with van der Waals surface area (Å²) in [5, 5.41) is 4.46. The van der Waals surface area contributed by atoms with E-state index in [4.69, 9.17) is 9.47 Å². The number of benzene rings is 1. The van der Waals surface area contributed by atoms with Crippen LogP contribution in [0, 0.1) is 6.92 Å². The second-order valence-corrected chi connectivity index (χ2v) is 7.19. The fourth-order valence-electron chi connectivity index (χ4n) is 3.74. The van der Waals surface area contributed by atoms with Gasteiger partial charge in [0.25, 0.3) is 5.56 Å². The first-order valence-electron chi connectivity index (χ1n) is 8.91. The highest BCUT2D eigenvalue weighted by molar-refractivity contribution is 5.79. The number of H-pyrrole nitrogens is 1. The lowest BCUT2D eigenvalue weighted by Crippen LogP contribution is -2.58. The number of hydrogen-bond donors (Lipinski definition) is 2. The van der Waals surface area contributed by atoms with E-state index in [0.29, 0.717) is 19.8 Å². The zero-order valence-electron chi connectivity index (χ0n) is 14.6. The smallest absolute Gasteiger partial charge is 0.252 e. The molecular weight excluding hydrogens is 318 g/mol. The van der Waals surface area contributed by atoms with Gasteiger partial charge in [-0.05, 0) is 30.0 Å². The number of nitrogens with one attached hydrogen (secondary N) is 2. The second-order valence-electron chi connectivity index (χ2n) is 7.19. The molecule has 0 amide bonds. The number of ether oxygens (including phenoxy) is 2. The Morgan fingerprint density at radius 1 is 1.28 bits per heavy atom. The summed E-state index contributed by atoms with van der Waals surface area (Å²) in [5.41, 5.74) is 2.53. The van der Waals surface area contributed by atoms with Gasteiger partial charge in [-0.15, -0.1) is 0 Å². The number of aromatic nitrogens is 1. The van der Waals surface area contributed by atoms with Crippen molar-refractivity contribution in [3.8, 4) is 0 Å². The van der Waals surface area contributed by atoms with Gasteiger partial charge >= 0.3 is 0 Å². The minimum absolute atomic E-state index is 0.00566. The molecule has 6 nitrogen and oxygen atoms in total. The predicted molar refractivity (Wildman–Crippen MR) is 97.0 cm³/mol. The molecule has 2 fully saturated rings. The van der Waals surface area contributed by atoms with Crippen LogP contribution < -0.4 is 10.9 Å². The van der Waals surface area contributed by atoms with E-state index in [0.717, 1.165) is 54.8 Å². The van der Waals surface area contributed by atoms with Crippen molar-refractivity contribution in [1.29, 1.82) is 0 Å². The van der Waals surface area contributed by atoms with Gasteiger partial charge in [-0.3, -0.25) is 9.69 Å². The van der Waals surface area contributed by atoms with E-state index in [1.807, 2.05) is 19.1 Å². The van der Waals surface area contributed by atoms with Gasteiger partial charge in [0.1, 0.15) is 5.60 Å². The average Bonchev–Trinajstić information content (AvgIpc) is 2.81. The summed E-state index contributed by atoms with van der Waals surface area (Å²) in [6, 6.07) is 8.16. The third-order valence-corrected chi connectivity index (χ3v) is 5.04. The number of pyridine rings is 1. The lowest BCUT2D eigenvalue weighted by molar-refractivity contribution is -0.135. The van der Waals surface area contributed by atoms with Crippen LogP contribution in [0.2, 0.25) is 0 Å². The van der Waals surface area contributed by atoms with Crippen molar-refractivity contribution in [2.24, 2.45) is 0 Å². The van der Waals surface area contributed by atoms with Crippen LogP contribution in [0.4, 0.5) is 0 Å². The van der Waals surface area contributed by atoms with E-state index in [1.165, 1.54) is 0 Å². The molecule has 2 aliphatic heterocycles. The van der Waals surface area contributed by atoms with Crippen LogP contribution >= 0.6 is 0 Å². The van der Waals surface area contributed by atoms with Crippen molar-refractivity contribution in [2.75, 3.05) is 46.0 Å². The molecule has 1 aromatic carbocycles. The molecule has 4 rings (SSSR count). The maximum atomic E-state index is 12.5. The zero-order valence-corrected chi connectivity index (χ0v) is 14.6. The van der Waals surface area contributed by atoms with Crippen LogP contribution in [0.25, 0.3) is 10.9 Å². The van der Waals surface area contributed by atoms with Gasteiger partial charge in [0, 0.05) is 43.8 Å². The summed E-state index contributed by atoms with van der Waals surface area (Å²) >= 11 is 0. The first kappa shape index (κ1) is 16.7. The minimum Gasteiger partial charge on any atom is -0.377 e. The quantitative estimate of drug-likeness (QED) is 0.853. The number of aromatic amines is 1. The standard InChI is InChI=1S/C19H25N3O3/c1-14-2-3-15-9-16(18(23)21-17(15)8-14)10-22-5-7-25-19(12-22)11-20-4-6-24-13-19/h2-3,8-9,20H,4-7,10-13H2,1H3,(H,21,23). The highest BCUT2D eigenvalue weighted by Gasteiger charge is 2.38. The Labute approximate surface area is 147 Å². The molecule has 0 saturated carbocycles. The number of rotatable bonds is 2. The summed E-state index contributed by atoms with van der Waals surface area (Å²) in [6.45, 7) is 7.88. The molecule has 0 radical (unpaired) electrons. The number of morpholine rings is 1. The molecule has 0 aliphatic carbocycles. The lowest BCUT2D eigenvalue weighted by atomic mass is 10.0. The first-order valence-corrected chi connectivity index (χ1v) is 8.91. The van der Waals surface area contributed by atoms with E-state index < -0.39 is 0 Å². The van der Waals surface area contributed by atoms with E-state index >= 15 is 0 Å². The van der Waals surface area contributed by atoms with Gasteiger partial charge in [-0.25, -0.2) is 0 Å². The molecule has 25 heavy (non-hydrogen) atoms. The molecule has 3 heterocycles. The molecule has 2 aliphatic rings. The van der Waals surface area contributed by atoms with Gasteiger partial charge < -0.3 is 19.8 Å². The molecule has 134 valence electrons. The molecule has 1 aromatic heterocycles. The third-order valence-electron chi connectivity index (χ3n) is 5.04. The molecular formula is C19H25N3O3. The third kappa shape index (κ3) is 3.62. The number of fused-ring (bicyclic) bond motifs is 1. The summed E-state index contributed by atoms with van der Waals surface area (Å²) in [5.74, 6) is 0. The van der Waals surface area contributed by atoms with E-state index in [9.17, 15) is 4.79 Å². The summed E-state index contributed by atoms with van der Waals surface area (Å²) in [6.07, 6.45) is 0. The maximum absolute atomic E-state index is 12.5. The molecule has 1 spiro atoms. The van der Waals surface area contributed by atoms with Crippen LogP contribution in [0.1, 0.15) is 11.1 Å². The molecule has 0 bridgehead atoms. The van der Waals surface area contributed by atoms with Gasteiger partial charge in [-0.2, -0.15) is 0 Å². The first-order chi connectivity index (χ1) is 12.1. The van der Waals surface area contributed by atoms with Crippen molar-refractivity contribution in [3.63, 3.8) is 0 Å². The largest absolute Gasteiger partial charge is 0.377 e. The lowest BCUT2D eigenvalue weighted by Gasteiger charge is -2.41. The van der Waals surface area contributed by atoms with Crippen molar-refractivity contribution >= 4 is 10.9 Å². The fraction of sp³-hybridized carbons (Fsp3) is 0.526. The van der Waals surface area contributed by atoms with Gasteiger partial charge in [0.15, 0.2) is 0 Å². The highest BCUT2D eigenvalue weighted by atomic mass is 16.5. The number of hydrogen-bond acceptors (Lipinski definition) is 5. The van der Waals surface area contributed by atoms with E-state index in [-0.39, 0.29) is 11.2 Å². The minimum atomic E-state index is -0.310. The summed E-state index contributed by atoms with van der Waals surface area (Å²) in [4.78, 5) is 17.8. The Morgan fingerprint density at radius 3 is 3.12 bits per heavy atom. The van der Waals surface area contributed by atoms with Crippen molar-refractivity contribution in [2.45, 2.75) is 19.1 Å². The van der Waals surface area contributed by atoms with Gasteiger partial charge in [0.2, 0.25) is 0 Å². The van der Waals surface area contributed by atoms with Crippen LogP contribution in [-0.2, 0) is 16.0 Å². The Balaban J connectivity index is 1.55. The molecule has 1 unspecified atom stereocenters. The Kier molecular flexibility index (Phi) is 4.60. The van der Waals surface area contributed by atoms with E-state index in [1.54, 1.807) is 0 Å². The Bertz CT molecular complexity index is 809. The highest BCUT2D eigenvalue weighted by Crippen LogP contribution is 2.21. The van der Waals surface area contributed by atoms with Gasteiger partial charge in [-0.1, -0.05) is 12.1 Å². The molecule has 2 N–H and O–H groups in total. The fourth-order valence-corrected chi connectivity index (χ4v) is 3.74. The van der Waals surface area contributed by atoms with Crippen LogP contribution in [0.5, 0.6) is 0 Å². The Hall–Kier alpha value is -1.73. The van der Waals surface area contributed by atoms with E-state index in [2.05, 4.69) is 27.3 Å². The van der Waals surface area contributed by atoms with Gasteiger partial charge in [0.05, 0.1) is 19.8 Å². The Morgan fingerprint density at radius 2 is 2.20 bits per heavy atom. The average molecular weight is 343 g/mol. The summed E-state index contributed by atoms with van der Waals surface area (Å²) < 4.78 is 11.7. The zero-order chi connectivity index (χ0) is 17.3. The second kappa shape index (κ2) is 6.88. The molecule has 6 heteroatoms. The van der Waals surface area contributed by atoms with Crippen LogP contribution in [0.15, 0.2) is 29.1 Å². The van der Waals surface area contributed by atoms with Crippen LogP contribution in [0.3, 0.4) is 0 Å². The molecule has 2 aromatic rings. The monoisotopic (exact) mass is 343 g/mol. The van der Waals surface area contributed by atoms with Crippen molar-refractivity contribution in [3.05, 3.63) is 45.7 Å². The SMILES string of the molecule is Cc1ccc2cc(CN3CCOC4(CNCCOC4)C3)c(=O)[nH]c2c1. The topological polar surface area (TPSA) is 66.6 Å². The van der Waals surface area contributed by atoms with Crippen LogP contribution in [-0.4, -0.2) is 61.5 Å². The predicted octanol–water partition coefficient (Wildman–Crippen LogP) is 1.03. The van der Waals surface area contributed by atoms with Crippen molar-refractivity contribution in [1.82, 2.24) is 15.2 Å². The summed E-state index contributed by atoms with van der Waals surface area (Å²) in [7, 11) is 0. The van der Waals surface area contributed by atoms with Crippen molar-refractivity contribution < 1.29 is 9.47 Å². The molecule has 1 atom stereocenters. The normalized spacial score (nSPS) is 25.3.